The van der Waals surface area contributed by atoms with E-state index in [4.69, 9.17) is 0 Å². The Labute approximate surface area is 213 Å². The summed E-state index contributed by atoms with van der Waals surface area (Å²) in [6, 6.07) is 37.0. The Balaban J connectivity index is 0.000000168. The number of nitrogens with one attached hydrogen (secondary N) is 2. The third kappa shape index (κ3) is 5.38. The van der Waals surface area contributed by atoms with Gasteiger partial charge in [0.25, 0.3) is 0 Å². The molecule has 0 aromatic heterocycles. The summed E-state index contributed by atoms with van der Waals surface area (Å²) in [5.74, 6) is 0.495. The minimum Gasteiger partial charge on any atom is -0.355 e. The van der Waals surface area contributed by atoms with E-state index in [-0.39, 0.29) is 25.2 Å². The summed E-state index contributed by atoms with van der Waals surface area (Å²) < 4.78 is 0. The van der Waals surface area contributed by atoms with E-state index in [0.717, 1.165) is 17.5 Å². The number of carbonyl (C=O) groups excluding carboxylic acids is 2. The summed E-state index contributed by atoms with van der Waals surface area (Å²) in [4.78, 5) is 23.5. The van der Waals surface area contributed by atoms with E-state index in [0.29, 0.717) is 19.4 Å². The average Bonchev–Trinajstić information content (AvgIpc) is 3.21. The van der Waals surface area contributed by atoms with Crippen molar-refractivity contribution in [2.75, 3.05) is 6.54 Å². The van der Waals surface area contributed by atoms with Gasteiger partial charge in [-0.15, -0.1) is 0 Å². The van der Waals surface area contributed by atoms with E-state index in [1.165, 1.54) is 22.3 Å². The summed E-state index contributed by atoms with van der Waals surface area (Å²) >= 11 is 0. The van der Waals surface area contributed by atoms with Crippen LogP contribution in [0.4, 0.5) is 0 Å². The molecule has 2 unspecified atom stereocenters. The molecule has 0 spiro atoms. The Morgan fingerprint density at radius 2 is 1.17 bits per heavy atom. The number of aryl methyl sites for hydroxylation is 1. The van der Waals surface area contributed by atoms with Crippen molar-refractivity contribution in [1.82, 2.24) is 10.6 Å². The zero-order chi connectivity index (χ0) is 24.7. The van der Waals surface area contributed by atoms with Crippen molar-refractivity contribution in [3.05, 3.63) is 143 Å². The van der Waals surface area contributed by atoms with Gasteiger partial charge in [0.15, 0.2) is 0 Å². The molecule has 4 aromatic carbocycles. The number of hydrogen-bond acceptors (Lipinski definition) is 2. The standard InChI is InChI=1S/2C16H15NO.H2/c18-15-11-10-12-6-4-5-9-14(12)16(17-15)13-7-2-1-3-8-13;18-16-10-13-8-4-5-9-14(13)15(11-17-16)12-6-2-1-3-7-12;/h1-9,16H,10-11H2,(H,17,18);1-9,15H,10-11H2,(H,17,18);1H. The molecule has 2 atom stereocenters. The number of amides is 2. The van der Waals surface area contributed by atoms with Crippen molar-refractivity contribution in [2.45, 2.75) is 31.2 Å². The lowest BCUT2D eigenvalue weighted by molar-refractivity contribution is -0.121. The van der Waals surface area contributed by atoms with Crippen LogP contribution in [0.1, 0.15) is 53.2 Å². The maximum absolute atomic E-state index is 11.8. The molecule has 0 saturated heterocycles. The van der Waals surface area contributed by atoms with Crippen molar-refractivity contribution in [3.63, 3.8) is 0 Å². The second kappa shape index (κ2) is 11.0. The summed E-state index contributed by atoms with van der Waals surface area (Å²) in [6.45, 7) is 0.680. The van der Waals surface area contributed by atoms with E-state index < -0.39 is 0 Å². The number of fused-ring (bicyclic) bond motifs is 2. The third-order valence-electron chi connectivity index (χ3n) is 6.91. The first-order valence-electron chi connectivity index (χ1n) is 12.5. The number of rotatable bonds is 2. The first-order valence-corrected chi connectivity index (χ1v) is 12.5. The fraction of sp³-hybridized carbons (Fsp3) is 0.188. The van der Waals surface area contributed by atoms with Crippen LogP contribution in [0.15, 0.2) is 109 Å². The van der Waals surface area contributed by atoms with E-state index in [2.05, 4.69) is 59.2 Å². The van der Waals surface area contributed by atoms with Crippen LogP contribution in [-0.2, 0) is 22.4 Å². The predicted molar refractivity (Wildman–Crippen MR) is 145 cm³/mol. The minimum absolute atomic E-state index is 0. The molecule has 4 nitrogen and oxygen atoms in total. The third-order valence-corrected chi connectivity index (χ3v) is 6.91. The molecule has 0 saturated carbocycles. The minimum atomic E-state index is -0.0163. The van der Waals surface area contributed by atoms with Crippen molar-refractivity contribution in [2.24, 2.45) is 0 Å². The molecular weight excluding hydrogens is 444 g/mol. The molecule has 2 aliphatic rings. The lowest BCUT2D eigenvalue weighted by Gasteiger charge is -2.19. The smallest absolute Gasteiger partial charge is 0.224 e. The molecule has 6 rings (SSSR count). The zero-order valence-electron chi connectivity index (χ0n) is 20.2. The lowest BCUT2D eigenvalue weighted by atomic mass is 9.88. The van der Waals surface area contributed by atoms with Crippen LogP contribution in [0.3, 0.4) is 0 Å². The van der Waals surface area contributed by atoms with Crippen LogP contribution in [0.2, 0.25) is 0 Å². The van der Waals surface area contributed by atoms with E-state index >= 15 is 0 Å². The van der Waals surface area contributed by atoms with Crippen LogP contribution in [-0.4, -0.2) is 18.4 Å². The van der Waals surface area contributed by atoms with Crippen molar-refractivity contribution < 1.29 is 11.0 Å². The molecule has 4 aromatic rings. The quantitative estimate of drug-likeness (QED) is 0.397. The van der Waals surface area contributed by atoms with Gasteiger partial charge >= 0.3 is 0 Å². The van der Waals surface area contributed by atoms with Gasteiger partial charge in [-0.1, -0.05) is 109 Å². The topological polar surface area (TPSA) is 58.2 Å². The Kier molecular flexibility index (Phi) is 7.23. The molecule has 2 amide bonds. The highest BCUT2D eigenvalue weighted by Gasteiger charge is 2.23. The van der Waals surface area contributed by atoms with Crippen molar-refractivity contribution >= 4 is 11.8 Å². The second-order valence-corrected chi connectivity index (χ2v) is 9.25. The van der Waals surface area contributed by atoms with Gasteiger partial charge in [-0.3, -0.25) is 9.59 Å². The molecular formula is C32H32N2O2. The van der Waals surface area contributed by atoms with Gasteiger partial charge in [0, 0.05) is 20.3 Å². The van der Waals surface area contributed by atoms with Gasteiger partial charge in [0.05, 0.1) is 12.5 Å². The monoisotopic (exact) mass is 476 g/mol. The summed E-state index contributed by atoms with van der Waals surface area (Å²) in [5, 5.41) is 6.11. The molecule has 4 heteroatoms. The Morgan fingerprint density at radius 3 is 1.89 bits per heavy atom. The Morgan fingerprint density at radius 1 is 0.583 bits per heavy atom. The van der Waals surface area contributed by atoms with Gasteiger partial charge in [0.2, 0.25) is 11.8 Å². The van der Waals surface area contributed by atoms with Gasteiger partial charge in [-0.25, -0.2) is 0 Å². The second-order valence-electron chi connectivity index (χ2n) is 9.25. The van der Waals surface area contributed by atoms with E-state index in [1.54, 1.807) is 0 Å². The van der Waals surface area contributed by atoms with Gasteiger partial charge in [-0.2, -0.15) is 0 Å². The first-order chi connectivity index (χ1) is 17.7. The molecule has 0 aliphatic carbocycles. The Hall–Kier alpha value is -4.18. The van der Waals surface area contributed by atoms with E-state index in [9.17, 15) is 9.59 Å². The van der Waals surface area contributed by atoms with Crippen LogP contribution in [0.5, 0.6) is 0 Å². The summed E-state index contributed by atoms with van der Waals surface area (Å²) in [6.07, 6.45) is 1.88. The SMILES string of the molecule is O=C1CCc2ccccc2C(c2ccccc2)N1.O=C1Cc2ccccc2C(c2ccccc2)CN1.[HH]. The number of hydrogen-bond donors (Lipinski definition) is 2. The highest BCUT2D eigenvalue weighted by Crippen LogP contribution is 2.29. The van der Waals surface area contributed by atoms with Crippen molar-refractivity contribution in [1.29, 1.82) is 0 Å². The van der Waals surface area contributed by atoms with Gasteiger partial charge in [-0.05, 0) is 39.8 Å². The van der Waals surface area contributed by atoms with Crippen LogP contribution < -0.4 is 10.6 Å². The molecule has 36 heavy (non-hydrogen) atoms. The van der Waals surface area contributed by atoms with Crippen LogP contribution in [0.25, 0.3) is 0 Å². The lowest BCUT2D eigenvalue weighted by Crippen LogP contribution is -2.27. The van der Waals surface area contributed by atoms with Crippen LogP contribution in [0, 0.1) is 0 Å². The molecule has 0 bridgehead atoms. The fourth-order valence-electron chi connectivity index (χ4n) is 5.09. The average molecular weight is 477 g/mol. The largest absolute Gasteiger partial charge is 0.355 e. The molecule has 2 heterocycles. The number of carbonyl (C=O) groups is 2. The molecule has 182 valence electrons. The maximum atomic E-state index is 11.8. The molecule has 2 N–H and O–H groups in total. The first kappa shape index (κ1) is 23.6. The van der Waals surface area contributed by atoms with E-state index in [1.807, 2.05) is 60.7 Å². The summed E-state index contributed by atoms with van der Waals surface area (Å²) in [7, 11) is 0. The predicted octanol–water partition coefficient (Wildman–Crippen LogP) is 5.58. The molecule has 0 fully saturated rings. The Bertz CT molecular complexity index is 1340. The van der Waals surface area contributed by atoms with Crippen molar-refractivity contribution in [3.8, 4) is 0 Å². The molecule has 2 aliphatic heterocycles. The fourth-order valence-corrected chi connectivity index (χ4v) is 5.09. The van der Waals surface area contributed by atoms with Gasteiger partial charge in [0.1, 0.15) is 0 Å². The molecule has 0 radical (unpaired) electrons. The summed E-state index contributed by atoms with van der Waals surface area (Å²) in [5.41, 5.74) is 7.29. The van der Waals surface area contributed by atoms with Gasteiger partial charge < -0.3 is 10.6 Å². The number of benzene rings is 4. The highest BCUT2D eigenvalue weighted by molar-refractivity contribution is 5.80. The highest BCUT2D eigenvalue weighted by atomic mass is 16.2. The zero-order valence-corrected chi connectivity index (χ0v) is 20.2. The van der Waals surface area contributed by atoms with Crippen LogP contribution >= 0.6 is 0 Å². The maximum Gasteiger partial charge on any atom is 0.224 e. The normalized spacial score (nSPS) is 18.7.